The quantitative estimate of drug-likeness (QED) is 0.806. The van der Waals surface area contributed by atoms with Crippen LogP contribution in [0.15, 0.2) is 39.6 Å². The number of cyclic esters (lactones) is 1. The van der Waals surface area contributed by atoms with E-state index < -0.39 is 9.73 Å². The van der Waals surface area contributed by atoms with Crippen LogP contribution in [-0.4, -0.2) is 45.7 Å². The predicted octanol–water partition coefficient (Wildman–Crippen LogP) is 3.69. The largest absolute Gasteiger partial charge is 0.446 e. The summed E-state index contributed by atoms with van der Waals surface area (Å²) in [6, 6.07) is 9.59. The molecule has 5 atom stereocenters. The average molecular weight is 362 g/mol. The summed E-state index contributed by atoms with van der Waals surface area (Å²) in [6.07, 6.45) is 4.50. The normalized spacial score (nSPS) is 36.8. The van der Waals surface area contributed by atoms with Gasteiger partial charge in [0.05, 0.1) is 20.5 Å². The molecule has 0 aromatic heterocycles. The van der Waals surface area contributed by atoms with Crippen molar-refractivity contribution in [3.63, 3.8) is 0 Å². The summed E-state index contributed by atoms with van der Waals surface area (Å²) in [7, 11) is -0.942. The molecule has 2 saturated heterocycles. The summed E-state index contributed by atoms with van der Waals surface area (Å²) in [5, 5.41) is -0.131. The fraction of sp³-hybridized carbons (Fsp3) is 0.632. The second kappa shape index (κ2) is 6.01. The van der Waals surface area contributed by atoms with Crippen molar-refractivity contribution in [2.75, 3.05) is 13.6 Å². The number of carbonyl (C=O) groups excluding carboxylic acids is 1. The molecule has 1 amide bonds. The SMILES string of the molecule is CN=S(=O)(c1ccccc1)[C@H]1CCN2C(=O)O[C@H](C)[C@H]3CCCC[C@@]312. The van der Waals surface area contributed by atoms with Crippen molar-refractivity contribution in [3.8, 4) is 0 Å². The van der Waals surface area contributed by atoms with Gasteiger partial charge in [-0.25, -0.2) is 13.4 Å². The lowest BCUT2D eigenvalue weighted by molar-refractivity contribution is -0.0842. The highest BCUT2D eigenvalue weighted by Gasteiger charge is 2.63. The smallest absolute Gasteiger partial charge is 0.410 e. The van der Waals surface area contributed by atoms with Crippen molar-refractivity contribution >= 4 is 15.8 Å². The van der Waals surface area contributed by atoms with Gasteiger partial charge in [-0.15, -0.1) is 0 Å². The van der Waals surface area contributed by atoms with E-state index in [1.165, 1.54) is 0 Å². The van der Waals surface area contributed by atoms with Gasteiger partial charge in [0.15, 0.2) is 0 Å². The lowest BCUT2D eigenvalue weighted by Crippen LogP contribution is -2.66. The summed E-state index contributed by atoms with van der Waals surface area (Å²) >= 11 is 0. The van der Waals surface area contributed by atoms with Crippen molar-refractivity contribution in [1.82, 2.24) is 4.90 Å². The number of carbonyl (C=O) groups is 1. The summed E-state index contributed by atoms with van der Waals surface area (Å²) in [5.41, 5.74) is -0.376. The minimum Gasteiger partial charge on any atom is -0.446 e. The Balaban J connectivity index is 1.88. The van der Waals surface area contributed by atoms with Crippen molar-refractivity contribution in [3.05, 3.63) is 30.3 Å². The lowest BCUT2D eigenvalue weighted by Gasteiger charge is -2.55. The van der Waals surface area contributed by atoms with Crippen LogP contribution in [0.4, 0.5) is 4.79 Å². The summed E-state index contributed by atoms with van der Waals surface area (Å²) in [6.45, 7) is 2.61. The maximum absolute atomic E-state index is 14.1. The van der Waals surface area contributed by atoms with E-state index in [1.807, 2.05) is 42.2 Å². The Morgan fingerprint density at radius 2 is 2.00 bits per heavy atom. The predicted molar refractivity (Wildman–Crippen MR) is 96.9 cm³/mol. The molecule has 0 N–H and O–H groups in total. The van der Waals surface area contributed by atoms with Gasteiger partial charge in [0.1, 0.15) is 6.10 Å². The van der Waals surface area contributed by atoms with E-state index in [2.05, 4.69) is 4.36 Å². The standard InChI is InChI=1S/C19H26N2O3S/c1-14-16-10-6-7-12-19(16)17(11-13-21(19)18(22)24-14)25(23,20-2)15-8-4-3-5-9-15/h3-5,8-9,14,16-17H,6-7,10-13H2,1-2H3/t14-,16-,17+,19-,25?/m1/s1. The zero-order valence-corrected chi connectivity index (χ0v) is 15.7. The van der Waals surface area contributed by atoms with Gasteiger partial charge >= 0.3 is 6.09 Å². The van der Waals surface area contributed by atoms with Crippen LogP contribution in [0.3, 0.4) is 0 Å². The summed E-state index contributed by atoms with van der Waals surface area (Å²) in [4.78, 5) is 15.3. The summed E-state index contributed by atoms with van der Waals surface area (Å²) in [5.74, 6) is 0.234. The fourth-order valence-corrected chi connectivity index (χ4v) is 8.22. The molecule has 1 spiro atoms. The highest BCUT2D eigenvalue weighted by molar-refractivity contribution is 7.94. The van der Waals surface area contributed by atoms with Gasteiger partial charge in [0, 0.05) is 24.4 Å². The number of ether oxygens (including phenoxy) is 1. The first-order valence-electron chi connectivity index (χ1n) is 9.21. The van der Waals surface area contributed by atoms with Gasteiger partial charge in [-0.1, -0.05) is 31.0 Å². The lowest BCUT2D eigenvalue weighted by atomic mass is 9.68. The van der Waals surface area contributed by atoms with E-state index in [-0.39, 0.29) is 28.9 Å². The molecule has 3 fully saturated rings. The Bertz CT molecular complexity index is 787. The van der Waals surface area contributed by atoms with Crippen molar-refractivity contribution in [2.24, 2.45) is 10.3 Å². The molecule has 136 valence electrons. The molecule has 1 saturated carbocycles. The maximum atomic E-state index is 14.1. The molecule has 1 unspecified atom stereocenters. The van der Waals surface area contributed by atoms with Crippen LogP contribution < -0.4 is 0 Å². The van der Waals surface area contributed by atoms with Gasteiger partial charge in [-0.3, -0.25) is 0 Å². The zero-order chi connectivity index (χ0) is 17.7. The molecule has 1 aliphatic carbocycles. The maximum Gasteiger partial charge on any atom is 0.410 e. The number of rotatable bonds is 2. The molecule has 2 heterocycles. The van der Waals surface area contributed by atoms with Gasteiger partial charge in [-0.05, 0) is 38.3 Å². The zero-order valence-electron chi connectivity index (χ0n) is 14.9. The first-order valence-corrected chi connectivity index (χ1v) is 10.8. The van der Waals surface area contributed by atoms with Crippen LogP contribution in [0.5, 0.6) is 0 Å². The molecular weight excluding hydrogens is 336 g/mol. The minimum atomic E-state index is -2.61. The molecule has 0 bridgehead atoms. The third-order valence-electron chi connectivity index (χ3n) is 6.47. The average Bonchev–Trinajstić information content (AvgIpc) is 3.02. The fourth-order valence-electron chi connectivity index (χ4n) is 5.48. The second-order valence-corrected chi connectivity index (χ2v) is 9.97. The summed E-state index contributed by atoms with van der Waals surface area (Å²) < 4.78 is 24.2. The number of hydrogen-bond acceptors (Lipinski definition) is 4. The van der Waals surface area contributed by atoms with Crippen molar-refractivity contribution < 1.29 is 13.7 Å². The van der Waals surface area contributed by atoms with Crippen LogP contribution >= 0.6 is 0 Å². The van der Waals surface area contributed by atoms with Crippen LogP contribution in [0, 0.1) is 5.92 Å². The third kappa shape index (κ3) is 2.26. The highest BCUT2D eigenvalue weighted by atomic mass is 32.2. The number of nitrogens with zero attached hydrogens (tertiary/aromatic N) is 2. The highest BCUT2D eigenvalue weighted by Crippen LogP contribution is 2.53. The first-order chi connectivity index (χ1) is 12.0. The molecule has 4 rings (SSSR count). The molecular formula is C19H26N2O3S. The van der Waals surface area contributed by atoms with E-state index in [0.717, 1.165) is 37.0 Å². The first kappa shape index (κ1) is 16.9. The number of benzene rings is 1. The molecule has 1 aromatic carbocycles. The van der Waals surface area contributed by atoms with Crippen LogP contribution in [0.2, 0.25) is 0 Å². The van der Waals surface area contributed by atoms with E-state index in [9.17, 15) is 9.00 Å². The van der Waals surface area contributed by atoms with E-state index >= 15 is 0 Å². The topological polar surface area (TPSA) is 59.0 Å². The third-order valence-corrected chi connectivity index (χ3v) is 9.38. The van der Waals surface area contributed by atoms with Crippen LogP contribution in [0.1, 0.15) is 39.0 Å². The monoisotopic (exact) mass is 362 g/mol. The Morgan fingerprint density at radius 1 is 1.24 bits per heavy atom. The van der Waals surface area contributed by atoms with Crippen LogP contribution in [0.25, 0.3) is 0 Å². The van der Waals surface area contributed by atoms with Gasteiger partial charge in [0.2, 0.25) is 0 Å². The minimum absolute atomic E-state index is 0.124. The Hall–Kier alpha value is -1.56. The Labute approximate surface area is 149 Å². The van der Waals surface area contributed by atoms with Gasteiger partial charge in [0.25, 0.3) is 0 Å². The van der Waals surface area contributed by atoms with Gasteiger partial charge in [-0.2, -0.15) is 0 Å². The van der Waals surface area contributed by atoms with Crippen LogP contribution in [-0.2, 0) is 14.5 Å². The van der Waals surface area contributed by atoms with E-state index in [0.29, 0.717) is 6.54 Å². The van der Waals surface area contributed by atoms with Crippen molar-refractivity contribution in [2.45, 2.75) is 60.8 Å². The molecule has 1 aromatic rings. The molecule has 25 heavy (non-hydrogen) atoms. The molecule has 2 aliphatic heterocycles. The van der Waals surface area contributed by atoms with E-state index in [1.54, 1.807) is 7.05 Å². The molecule has 3 aliphatic rings. The number of hydrogen-bond donors (Lipinski definition) is 0. The van der Waals surface area contributed by atoms with Gasteiger partial charge < -0.3 is 9.64 Å². The number of amides is 1. The molecule has 0 radical (unpaired) electrons. The Kier molecular flexibility index (Phi) is 4.06. The van der Waals surface area contributed by atoms with Crippen molar-refractivity contribution in [1.29, 1.82) is 0 Å². The molecule has 6 heteroatoms. The second-order valence-electron chi connectivity index (χ2n) is 7.43. The molecule has 5 nitrogen and oxygen atoms in total. The Morgan fingerprint density at radius 3 is 2.72 bits per heavy atom. The van der Waals surface area contributed by atoms with E-state index in [4.69, 9.17) is 4.74 Å².